The summed E-state index contributed by atoms with van der Waals surface area (Å²) in [5.74, 6) is 0.0232. The summed E-state index contributed by atoms with van der Waals surface area (Å²) >= 11 is 0. The standard InChI is InChI=1S/C7H10N2O3S/c1-2-3-13(12)7-8-5(10)4-6(11)9-7/h4H,2-3H2,1H3,(H2,8,9,10,11). The molecule has 1 unspecified atom stereocenters. The van der Waals surface area contributed by atoms with Gasteiger partial charge in [0.25, 0.3) is 5.56 Å². The average Bonchev–Trinajstić information content (AvgIpc) is 2.03. The fraction of sp³-hybridized carbons (Fsp3) is 0.429. The minimum Gasteiger partial charge on any atom is -0.493 e. The van der Waals surface area contributed by atoms with Gasteiger partial charge >= 0.3 is 0 Å². The molecule has 6 heteroatoms. The topological polar surface area (TPSA) is 83.0 Å². The normalized spacial score (nSPS) is 12.7. The Bertz CT molecular complexity index is 374. The number of aromatic amines is 1. The van der Waals surface area contributed by atoms with Crippen molar-refractivity contribution in [1.82, 2.24) is 9.97 Å². The van der Waals surface area contributed by atoms with Crippen molar-refractivity contribution >= 4 is 10.8 Å². The second kappa shape index (κ2) is 4.18. The summed E-state index contributed by atoms with van der Waals surface area (Å²) in [7, 11) is -1.33. The molecular weight excluding hydrogens is 192 g/mol. The molecule has 1 aromatic rings. The summed E-state index contributed by atoms with van der Waals surface area (Å²) in [6.07, 6.45) is 0.728. The van der Waals surface area contributed by atoms with E-state index in [1.807, 2.05) is 6.92 Å². The number of nitrogens with one attached hydrogen (secondary N) is 1. The van der Waals surface area contributed by atoms with Crippen molar-refractivity contribution in [1.29, 1.82) is 0 Å². The molecule has 2 N–H and O–H groups in total. The molecule has 5 nitrogen and oxygen atoms in total. The second-order valence-electron chi connectivity index (χ2n) is 2.46. The Kier molecular flexibility index (Phi) is 3.18. The van der Waals surface area contributed by atoms with Gasteiger partial charge in [0.2, 0.25) is 11.0 Å². The van der Waals surface area contributed by atoms with E-state index in [-0.39, 0.29) is 5.16 Å². The second-order valence-corrected chi connectivity index (χ2v) is 3.94. The van der Waals surface area contributed by atoms with Crippen LogP contribution in [0.2, 0.25) is 0 Å². The van der Waals surface area contributed by atoms with E-state index in [1.54, 1.807) is 0 Å². The monoisotopic (exact) mass is 202 g/mol. The Balaban J connectivity index is 3.01. The van der Waals surface area contributed by atoms with Crippen molar-refractivity contribution < 1.29 is 9.32 Å². The highest BCUT2D eigenvalue weighted by molar-refractivity contribution is 7.84. The summed E-state index contributed by atoms with van der Waals surface area (Å²) in [5.41, 5.74) is -0.494. The summed E-state index contributed by atoms with van der Waals surface area (Å²) < 4.78 is 11.3. The van der Waals surface area contributed by atoms with Gasteiger partial charge in [-0.2, -0.15) is 4.98 Å². The summed E-state index contributed by atoms with van der Waals surface area (Å²) in [6.45, 7) is 1.87. The molecule has 1 rings (SSSR count). The van der Waals surface area contributed by atoms with Gasteiger partial charge in [-0.05, 0) is 6.42 Å². The van der Waals surface area contributed by atoms with Crippen LogP contribution in [-0.4, -0.2) is 25.0 Å². The zero-order valence-corrected chi connectivity index (χ0v) is 7.93. The van der Waals surface area contributed by atoms with Crippen LogP contribution in [0.5, 0.6) is 5.88 Å². The minimum absolute atomic E-state index is 0.0341. The van der Waals surface area contributed by atoms with E-state index in [9.17, 15) is 9.00 Å². The van der Waals surface area contributed by atoms with Gasteiger partial charge in [0, 0.05) is 5.75 Å². The van der Waals surface area contributed by atoms with Crippen LogP contribution in [0, 0.1) is 0 Å². The largest absolute Gasteiger partial charge is 0.493 e. The minimum atomic E-state index is -1.33. The molecule has 1 atom stereocenters. The Hall–Kier alpha value is -1.17. The van der Waals surface area contributed by atoms with Crippen molar-refractivity contribution in [3.8, 4) is 5.88 Å². The smallest absolute Gasteiger partial charge is 0.255 e. The van der Waals surface area contributed by atoms with Crippen LogP contribution in [0.25, 0.3) is 0 Å². The molecule has 0 saturated carbocycles. The highest BCUT2D eigenvalue weighted by Crippen LogP contribution is 2.03. The van der Waals surface area contributed by atoms with E-state index in [2.05, 4.69) is 9.97 Å². The van der Waals surface area contributed by atoms with Gasteiger partial charge in [-0.3, -0.25) is 14.0 Å². The Morgan fingerprint density at radius 2 is 2.38 bits per heavy atom. The zero-order chi connectivity index (χ0) is 9.84. The lowest BCUT2D eigenvalue weighted by atomic mass is 10.6. The molecule has 13 heavy (non-hydrogen) atoms. The Labute approximate surface area is 77.3 Å². The van der Waals surface area contributed by atoms with Crippen LogP contribution in [0.15, 0.2) is 16.0 Å². The van der Waals surface area contributed by atoms with Crippen LogP contribution >= 0.6 is 0 Å². The van der Waals surface area contributed by atoms with Gasteiger partial charge in [0.15, 0.2) is 0 Å². The number of hydrogen-bond acceptors (Lipinski definition) is 4. The lowest BCUT2D eigenvalue weighted by molar-refractivity contribution is 0.443. The first kappa shape index (κ1) is 9.91. The van der Waals surface area contributed by atoms with Crippen molar-refractivity contribution in [3.63, 3.8) is 0 Å². The SMILES string of the molecule is CCCS(=O)c1nc(O)cc(=O)[nH]1. The molecule has 0 aliphatic heterocycles. The van der Waals surface area contributed by atoms with Crippen LogP contribution < -0.4 is 5.56 Å². The molecule has 1 aromatic heterocycles. The number of aromatic nitrogens is 2. The highest BCUT2D eigenvalue weighted by atomic mass is 32.2. The zero-order valence-electron chi connectivity index (χ0n) is 7.11. The maximum atomic E-state index is 11.3. The van der Waals surface area contributed by atoms with Gasteiger partial charge in [-0.25, -0.2) is 0 Å². The maximum Gasteiger partial charge on any atom is 0.255 e. The third kappa shape index (κ3) is 2.66. The molecule has 0 aliphatic rings. The van der Waals surface area contributed by atoms with Crippen LogP contribution in [-0.2, 0) is 10.8 Å². The van der Waals surface area contributed by atoms with Crippen LogP contribution in [0.1, 0.15) is 13.3 Å². The van der Waals surface area contributed by atoms with Crippen molar-refractivity contribution in [2.45, 2.75) is 18.5 Å². The van der Waals surface area contributed by atoms with E-state index < -0.39 is 22.2 Å². The lowest BCUT2D eigenvalue weighted by Crippen LogP contribution is -2.12. The highest BCUT2D eigenvalue weighted by Gasteiger charge is 2.06. The molecule has 1 heterocycles. The Morgan fingerprint density at radius 1 is 1.69 bits per heavy atom. The van der Waals surface area contributed by atoms with Crippen LogP contribution in [0.4, 0.5) is 0 Å². The predicted molar refractivity (Wildman–Crippen MR) is 48.1 cm³/mol. The summed E-state index contributed by atoms with van der Waals surface area (Å²) in [5, 5.41) is 8.98. The third-order valence-corrected chi connectivity index (χ3v) is 2.72. The number of aromatic hydroxyl groups is 1. The third-order valence-electron chi connectivity index (χ3n) is 1.31. The van der Waals surface area contributed by atoms with Crippen molar-refractivity contribution in [2.75, 3.05) is 5.75 Å². The van der Waals surface area contributed by atoms with Crippen LogP contribution in [0.3, 0.4) is 0 Å². The van der Waals surface area contributed by atoms with E-state index in [0.717, 1.165) is 12.5 Å². The number of H-pyrrole nitrogens is 1. The molecule has 72 valence electrons. The molecule has 0 saturated heterocycles. The van der Waals surface area contributed by atoms with Gasteiger partial charge < -0.3 is 5.11 Å². The van der Waals surface area contributed by atoms with E-state index in [1.165, 1.54) is 0 Å². The van der Waals surface area contributed by atoms with Crippen molar-refractivity contribution in [2.24, 2.45) is 0 Å². The first-order valence-electron chi connectivity index (χ1n) is 3.82. The van der Waals surface area contributed by atoms with Gasteiger partial charge in [0.05, 0.1) is 16.9 Å². The van der Waals surface area contributed by atoms with E-state index >= 15 is 0 Å². The lowest BCUT2D eigenvalue weighted by Gasteiger charge is -1.98. The quantitative estimate of drug-likeness (QED) is 0.675. The van der Waals surface area contributed by atoms with E-state index in [0.29, 0.717) is 5.75 Å². The number of rotatable bonds is 3. The average molecular weight is 202 g/mol. The molecule has 0 bridgehead atoms. The molecule has 0 radical (unpaired) electrons. The number of hydrogen-bond donors (Lipinski definition) is 2. The first-order valence-corrected chi connectivity index (χ1v) is 5.14. The molecule has 0 aromatic carbocycles. The first-order chi connectivity index (χ1) is 6.13. The van der Waals surface area contributed by atoms with Gasteiger partial charge in [-0.15, -0.1) is 0 Å². The van der Waals surface area contributed by atoms with Gasteiger partial charge in [0.1, 0.15) is 0 Å². The van der Waals surface area contributed by atoms with E-state index in [4.69, 9.17) is 5.11 Å². The molecule has 0 aliphatic carbocycles. The molecule has 0 amide bonds. The molecular formula is C7H10N2O3S. The number of nitrogens with zero attached hydrogens (tertiary/aromatic N) is 1. The molecule has 0 spiro atoms. The fourth-order valence-electron chi connectivity index (χ4n) is 0.813. The van der Waals surface area contributed by atoms with Gasteiger partial charge in [-0.1, -0.05) is 6.92 Å². The van der Waals surface area contributed by atoms with Crippen molar-refractivity contribution in [3.05, 3.63) is 16.4 Å². The summed E-state index contributed by atoms with van der Waals surface area (Å²) in [6, 6.07) is 0.937. The summed E-state index contributed by atoms with van der Waals surface area (Å²) in [4.78, 5) is 16.7. The Morgan fingerprint density at radius 3 is 2.92 bits per heavy atom. The predicted octanol–water partition coefficient (Wildman–Crippen LogP) is -0.00690. The fourth-order valence-corrected chi connectivity index (χ4v) is 1.79. The maximum absolute atomic E-state index is 11.3. The molecule has 0 fully saturated rings.